The van der Waals surface area contributed by atoms with Gasteiger partial charge in [0.05, 0.1) is 36.0 Å². The van der Waals surface area contributed by atoms with Crippen LogP contribution in [-0.4, -0.2) is 62.4 Å². The normalized spacial score (nSPS) is 10.7. The number of anilines is 1. The molecule has 0 radical (unpaired) electrons. The third-order valence-electron chi connectivity index (χ3n) is 5.67. The molecule has 218 valence electrons. The molecule has 0 aliphatic carbocycles. The van der Waals surface area contributed by atoms with Gasteiger partial charge in [0.25, 0.3) is 11.6 Å². The molecule has 1 aromatic carbocycles. The first-order valence-electron chi connectivity index (χ1n) is 12.3. The monoisotopic (exact) mass is 604 g/mol. The van der Waals surface area contributed by atoms with Crippen molar-refractivity contribution in [2.45, 2.75) is 39.4 Å². The van der Waals surface area contributed by atoms with Crippen LogP contribution in [0.3, 0.4) is 0 Å². The predicted molar refractivity (Wildman–Crippen MR) is 150 cm³/mol. The van der Waals surface area contributed by atoms with Gasteiger partial charge >= 0.3 is 11.9 Å². The molecule has 14 nitrogen and oxygen atoms in total. The number of nitro groups is 1. The molecule has 0 atom stereocenters. The molecule has 3 rings (SSSR count). The molecular weight excluding hydrogens is 576 g/mol. The first kappa shape index (κ1) is 31.2. The van der Waals surface area contributed by atoms with Gasteiger partial charge in [-0.15, -0.1) is 21.5 Å². The molecule has 0 aliphatic heterocycles. The van der Waals surface area contributed by atoms with Crippen LogP contribution in [0.25, 0.3) is 0 Å². The van der Waals surface area contributed by atoms with Crippen LogP contribution in [0.15, 0.2) is 23.4 Å². The lowest BCUT2D eigenvalue weighted by Gasteiger charge is -2.08. The molecule has 16 heteroatoms. The minimum absolute atomic E-state index is 0.00915. The average molecular weight is 605 g/mol. The molecule has 2 heterocycles. The molecule has 2 N–H and O–H groups in total. The number of aromatic nitrogens is 3. The van der Waals surface area contributed by atoms with E-state index >= 15 is 0 Å². The Morgan fingerprint density at radius 1 is 1.10 bits per heavy atom. The lowest BCUT2D eigenvalue weighted by molar-refractivity contribution is -0.385. The number of amides is 2. The van der Waals surface area contributed by atoms with Crippen LogP contribution in [-0.2, 0) is 27.9 Å². The van der Waals surface area contributed by atoms with E-state index in [2.05, 4.69) is 20.8 Å². The summed E-state index contributed by atoms with van der Waals surface area (Å²) in [5, 5.41) is 25.1. The summed E-state index contributed by atoms with van der Waals surface area (Å²) in [6.07, 6.45) is 0. The van der Waals surface area contributed by atoms with Crippen molar-refractivity contribution in [1.29, 1.82) is 0 Å². The van der Waals surface area contributed by atoms with Crippen molar-refractivity contribution in [3.63, 3.8) is 0 Å². The molecule has 2 aromatic heterocycles. The average Bonchev–Trinajstić information content (AvgIpc) is 3.44. The lowest BCUT2D eigenvalue weighted by atomic mass is 10.1. The zero-order chi connectivity index (χ0) is 30.3. The van der Waals surface area contributed by atoms with E-state index in [4.69, 9.17) is 9.47 Å². The van der Waals surface area contributed by atoms with Gasteiger partial charge in [-0.05, 0) is 39.3 Å². The number of aryl methyl sites for hydroxylation is 1. The number of esters is 2. The minimum atomic E-state index is -0.667. The Morgan fingerprint density at radius 2 is 1.78 bits per heavy atom. The number of thioether (sulfide) groups is 1. The van der Waals surface area contributed by atoms with E-state index in [0.29, 0.717) is 22.1 Å². The number of rotatable bonds is 12. The van der Waals surface area contributed by atoms with Gasteiger partial charge in [0.1, 0.15) is 9.88 Å². The summed E-state index contributed by atoms with van der Waals surface area (Å²) in [7, 11) is 1.66. The fourth-order valence-corrected chi connectivity index (χ4v) is 5.40. The number of nitrogens with one attached hydrogen (secondary N) is 2. The summed E-state index contributed by atoms with van der Waals surface area (Å²) in [4.78, 5) is 61.0. The topological polar surface area (TPSA) is 185 Å². The van der Waals surface area contributed by atoms with Gasteiger partial charge in [0.2, 0.25) is 5.91 Å². The van der Waals surface area contributed by atoms with Crippen molar-refractivity contribution in [1.82, 2.24) is 20.1 Å². The van der Waals surface area contributed by atoms with Crippen LogP contribution in [0.5, 0.6) is 0 Å². The zero-order valence-electron chi connectivity index (χ0n) is 22.9. The van der Waals surface area contributed by atoms with Gasteiger partial charge in [-0.3, -0.25) is 19.7 Å². The van der Waals surface area contributed by atoms with Gasteiger partial charge in [-0.25, -0.2) is 9.59 Å². The maximum absolute atomic E-state index is 12.8. The van der Waals surface area contributed by atoms with Gasteiger partial charge < -0.3 is 24.7 Å². The van der Waals surface area contributed by atoms with Gasteiger partial charge in [0.15, 0.2) is 11.0 Å². The molecule has 0 fully saturated rings. The summed E-state index contributed by atoms with van der Waals surface area (Å²) in [6.45, 7) is 6.74. The first-order chi connectivity index (χ1) is 19.5. The molecule has 0 bridgehead atoms. The van der Waals surface area contributed by atoms with E-state index in [9.17, 15) is 29.3 Å². The summed E-state index contributed by atoms with van der Waals surface area (Å²) in [5.41, 5.74) is 0.866. The van der Waals surface area contributed by atoms with E-state index in [-0.39, 0.29) is 52.2 Å². The van der Waals surface area contributed by atoms with Crippen molar-refractivity contribution in [2.24, 2.45) is 7.05 Å². The second-order valence-electron chi connectivity index (χ2n) is 8.44. The highest BCUT2D eigenvalue weighted by molar-refractivity contribution is 7.99. The molecule has 3 aromatic rings. The Kier molecular flexibility index (Phi) is 10.5. The Hall–Kier alpha value is -4.31. The fraction of sp³-hybridized carbons (Fsp3) is 0.360. The highest BCUT2D eigenvalue weighted by atomic mass is 32.2. The first-order valence-corrected chi connectivity index (χ1v) is 14.1. The number of hydrogen-bond acceptors (Lipinski definition) is 12. The zero-order valence-corrected chi connectivity index (χ0v) is 24.6. The fourth-order valence-electron chi connectivity index (χ4n) is 3.57. The lowest BCUT2D eigenvalue weighted by Crippen LogP contribution is -2.24. The molecule has 0 aliphatic rings. The van der Waals surface area contributed by atoms with Crippen molar-refractivity contribution in [3.05, 3.63) is 61.3 Å². The van der Waals surface area contributed by atoms with Crippen LogP contribution < -0.4 is 10.6 Å². The van der Waals surface area contributed by atoms with Crippen molar-refractivity contribution < 1.29 is 33.6 Å². The van der Waals surface area contributed by atoms with Gasteiger partial charge in [-0.1, -0.05) is 17.8 Å². The minimum Gasteiger partial charge on any atom is -0.462 e. The predicted octanol–water partition coefficient (Wildman–Crippen LogP) is 3.42. The number of nitro benzene ring substituents is 1. The van der Waals surface area contributed by atoms with Crippen LogP contribution in [0.2, 0.25) is 0 Å². The standard InChI is InChI=1S/C25H28N6O8S2/c1-6-38-23(34)19-14(4)20(24(35)39-7-2)41-22(19)27-18(32)12-40-25-29-28-17(30(25)5)11-26-21(33)15-9-8-13(3)16(10-15)31(36)37/h8-10H,6-7,11-12H2,1-5H3,(H,26,33)(H,27,32). The summed E-state index contributed by atoms with van der Waals surface area (Å²) in [5.74, 6) is -1.96. The number of nitrogens with zero attached hydrogens (tertiary/aromatic N) is 4. The van der Waals surface area contributed by atoms with E-state index < -0.39 is 28.7 Å². The second-order valence-corrected chi connectivity index (χ2v) is 10.4. The van der Waals surface area contributed by atoms with Gasteiger partial charge in [0, 0.05) is 24.2 Å². The smallest absolute Gasteiger partial charge is 0.348 e. The summed E-state index contributed by atoms with van der Waals surface area (Å²) in [6, 6.07) is 4.20. The quantitative estimate of drug-likeness (QED) is 0.134. The summed E-state index contributed by atoms with van der Waals surface area (Å²) < 4.78 is 11.7. The van der Waals surface area contributed by atoms with Crippen molar-refractivity contribution in [3.8, 4) is 0 Å². The van der Waals surface area contributed by atoms with Crippen molar-refractivity contribution in [2.75, 3.05) is 24.3 Å². The van der Waals surface area contributed by atoms with Crippen LogP contribution in [0.4, 0.5) is 10.7 Å². The van der Waals surface area contributed by atoms with E-state index in [1.54, 1.807) is 39.3 Å². The Balaban J connectivity index is 1.65. The highest BCUT2D eigenvalue weighted by Crippen LogP contribution is 2.34. The number of thiophene rings is 1. The third-order valence-corrected chi connectivity index (χ3v) is 7.88. The molecule has 0 unspecified atom stereocenters. The number of ether oxygens (including phenoxy) is 2. The SMILES string of the molecule is CCOC(=O)c1sc(NC(=O)CSc2nnc(CNC(=O)c3ccc(C)c([N+](=O)[O-])c3)n2C)c(C(=O)OCC)c1C. The Labute approximate surface area is 243 Å². The molecule has 2 amide bonds. The number of carbonyl (C=O) groups is 4. The van der Waals surface area contributed by atoms with Crippen LogP contribution in [0.1, 0.15) is 61.2 Å². The van der Waals surface area contributed by atoms with Crippen LogP contribution in [0, 0.1) is 24.0 Å². The summed E-state index contributed by atoms with van der Waals surface area (Å²) >= 11 is 2.00. The van der Waals surface area contributed by atoms with Gasteiger partial charge in [-0.2, -0.15) is 0 Å². The van der Waals surface area contributed by atoms with E-state index in [0.717, 1.165) is 23.1 Å². The van der Waals surface area contributed by atoms with E-state index in [1.807, 2.05) is 0 Å². The second kappa shape index (κ2) is 13.8. The number of benzene rings is 1. The molecule has 41 heavy (non-hydrogen) atoms. The van der Waals surface area contributed by atoms with Crippen LogP contribution >= 0.6 is 23.1 Å². The third kappa shape index (κ3) is 7.46. The molecular formula is C25H28N6O8S2. The number of carbonyl (C=O) groups excluding carboxylic acids is 4. The maximum atomic E-state index is 12.8. The Morgan fingerprint density at radius 3 is 2.44 bits per heavy atom. The van der Waals surface area contributed by atoms with E-state index in [1.165, 1.54) is 18.2 Å². The maximum Gasteiger partial charge on any atom is 0.348 e. The largest absolute Gasteiger partial charge is 0.462 e. The Bertz CT molecular complexity index is 1500. The number of hydrogen-bond donors (Lipinski definition) is 2. The highest BCUT2D eigenvalue weighted by Gasteiger charge is 2.27. The van der Waals surface area contributed by atoms with Crippen molar-refractivity contribution >= 4 is 57.5 Å². The molecule has 0 spiro atoms. The molecule has 0 saturated carbocycles. The molecule has 0 saturated heterocycles.